The predicted molar refractivity (Wildman–Crippen MR) is 102 cm³/mol. The van der Waals surface area contributed by atoms with Gasteiger partial charge in [-0.3, -0.25) is 9.20 Å². The third-order valence-corrected chi connectivity index (χ3v) is 4.57. The number of imidazole rings is 1. The molecule has 0 unspecified atom stereocenters. The first-order valence-corrected chi connectivity index (χ1v) is 8.83. The molecule has 26 heavy (non-hydrogen) atoms. The first-order chi connectivity index (χ1) is 12.6. The first-order valence-electron chi connectivity index (χ1n) is 8.04. The zero-order valence-electron chi connectivity index (χ0n) is 13.8. The van der Waals surface area contributed by atoms with Crippen LogP contribution in [-0.4, -0.2) is 27.9 Å². The van der Waals surface area contributed by atoms with E-state index in [0.29, 0.717) is 29.0 Å². The van der Waals surface area contributed by atoms with E-state index in [1.807, 2.05) is 22.7 Å². The number of amides is 1. The SMILES string of the molecule is CCOC(=O)c1ccc2c(c1)/C(=C/c1cnc3ccc(Br)cn13)C(=O)N2. The van der Waals surface area contributed by atoms with Crippen molar-refractivity contribution in [2.24, 2.45) is 0 Å². The zero-order chi connectivity index (χ0) is 18.3. The largest absolute Gasteiger partial charge is 0.462 e. The van der Waals surface area contributed by atoms with E-state index in [1.54, 1.807) is 37.4 Å². The summed E-state index contributed by atoms with van der Waals surface area (Å²) >= 11 is 3.44. The third-order valence-electron chi connectivity index (χ3n) is 4.10. The fourth-order valence-electron chi connectivity index (χ4n) is 2.90. The maximum Gasteiger partial charge on any atom is 0.338 e. The summed E-state index contributed by atoms with van der Waals surface area (Å²) in [6, 6.07) is 8.82. The highest BCUT2D eigenvalue weighted by Crippen LogP contribution is 2.34. The monoisotopic (exact) mass is 411 g/mol. The second-order valence-corrected chi connectivity index (χ2v) is 6.67. The van der Waals surface area contributed by atoms with Gasteiger partial charge in [-0.2, -0.15) is 0 Å². The maximum atomic E-state index is 12.4. The highest BCUT2D eigenvalue weighted by molar-refractivity contribution is 9.10. The molecular weight excluding hydrogens is 398 g/mol. The van der Waals surface area contributed by atoms with Crippen LogP contribution < -0.4 is 5.32 Å². The summed E-state index contributed by atoms with van der Waals surface area (Å²) in [5.41, 5.74) is 3.77. The lowest BCUT2D eigenvalue weighted by Gasteiger charge is -2.04. The molecule has 1 aromatic carbocycles. The molecule has 2 aromatic heterocycles. The van der Waals surface area contributed by atoms with Gasteiger partial charge in [0.1, 0.15) is 5.65 Å². The number of fused-ring (bicyclic) bond motifs is 2. The quantitative estimate of drug-likeness (QED) is 0.525. The Morgan fingerprint density at radius 2 is 2.19 bits per heavy atom. The van der Waals surface area contributed by atoms with Gasteiger partial charge in [0.2, 0.25) is 0 Å². The van der Waals surface area contributed by atoms with Gasteiger partial charge in [0.05, 0.1) is 29.6 Å². The number of pyridine rings is 1. The summed E-state index contributed by atoms with van der Waals surface area (Å²) in [6.07, 6.45) is 5.36. The van der Waals surface area contributed by atoms with Gasteiger partial charge in [-0.1, -0.05) is 0 Å². The molecule has 4 rings (SSSR count). The second-order valence-electron chi connectivity index (χ2n) is 5.75. The fraction of sp³-hybridized carbons (Fsp3) is 0.105. The molecule has 0 saturated carbocycles. The lowest BCUT2D eigenvalue weighted by molar-refractivity contribution is -0.110. The summed E-state index contributed by atoms with van der Waals surface area (Å²) in [6.45, 7) is 2.05. The van der Waals surface area contributed by atoms with Gasteiger partial charge < -0.3 is 10.1 Å². The number of hydrogen-bond acceptors (Lipinski definition) is 4. The normalized spacial score (nSPS) is 14.5. The van der Waals surface area contributed by atoms with Crippen molar-refractivity contribution in [3.05, 3.63) is 64.0 Å². The van der Waals surface area contributed by atoms with E-state index < -0.39 is 5.97 Å². The highest BCUT2D eigenvalue weighted by Gasteiger charge is 2.26. The molecule has 1 aliphatic rings. The van der Waals surface area contributed by atoms with Crippen molar-refractivity contribution in [3.63, 3.8) is 0 Å². The third kappa shape index (κ3) is 2.80. The summed E-state index contributed by atoms with van der Waals surface area (Å²) in [5, 5.41) is 2.82. The van der Waals surface area contributed by atoms with Gasteiger partial charge in [-0.05, 0) is 59.3 Å². The molecule has 0 fully saturated rings. The standard InChI is InChI=1S/C19H14BrN3O3/c1-2-26-19(25)11-3-5-16-14(7-11)15(18(24)22-16)8-13-9-21-17-6-4-12(20)10-23(13)17/h3-10H,2H2,1H3,(H,22,24)/b15-8-. The minimum atomic E-state index is -0.410. The number of rotatable bonds is 3. The minimum absolute atomic E-state index is 0.217. The number of hydrogen-bond donors (Lipinski definition) is 1. The number of aromatic nitrogens is 2. The Morgan fingerprint density at radius 1 is 1.35 bits per heavy atom. The Morgan fingerprint density at radius 3 is 3.00 bits per heavy atom. The summed E-state index contributed by atoms with van der Waals surface area (Å²) in [4.78, 5) is 28.8. The van der Waals surface area contributed by atoms with Gasteiger partial charge in [0, 0.05) is 21.9 Å². The number of halogens is 1. The van der Waals surface area contributed by atoms with Gasteiger partial charge in [-0.15, -0.1) is 0 Å². The van der Waals surface area contributed by atoms with Crippen molar-refractivity contribution in [1.82, 2.24) is 9.38 Å². The van der Waals surface area contributed by atoms with Crippen molar-refractivity contribution >= 4 is 50.8 Å². The fourth-order valence-corrected chi connectivity index (χ4v) is 3.24. The van der Waals surface area contributed by atoms with E-state index in [1.165, 1.54) is 0 Å². The topological polar surface area (TPSA) is 72.7 Å². The van der Waals surface area contributed by atoms with Crippen LogP contribution in [0.2, 0.25) is 0 Å². The molecule has 6 nitrogen and oxygen atoms in total. The molecule has 0 spiro atoms. The Bertz CT molecular complexity index is 1080. The van der Waals surface area contributed by atoms with E-state index in [4.69, 9.17) is 4.74 Å². The van der Waals surface area contributed by atoms with E-state index in [2.05, 4.69) is 26.2 Å². The van der Waals surface area contributed by atoms with E-state index >= 15 is 0 Å². The summed E-state index contributed by atoms with van der Waals surface area (Å²) in [5.74, 6) is -0.626. The first kappa shape index (κ1) is 16.5. The molecule has 3 heterocycles. The maximum absolute atomic E-state index is 12.4. The summed E-state index contributed by atoms with van der Waals surface area (Å²) in [7, 11) is 0. The average Bonchev–Trinajstić information content (AvgIpc) is 3.16. The molecule has 3 aromatic rings. The van der Waals surface area contributed by atoms with Gasteiger partial charge in [0.15, 0.2) is 0 Å². The number of esters is 1. The van der Waals surface area contributed by atoms with Crippen molar-refractivity contribution in [2.75, 3.05) is 11.9 Å². The number of nitrogens with zero attached hydrogens (tertiary/aromatic N) is 2. The lowest BCUT2D eigenvalue weighted by Crippen LogP contribution is -2.04. The molecule has 0 saturated heterocycles. The van der Waals surface area contributed by atoms with Crippen molar-refractivity contribution in [1.29, 1.82) is 0 Å². The molecule has 0 radical (unpaired) electrons. The second kappa shape index (κ2) is 6.42. The van der Waals surface area contributed by atoms with Crippen molar-refractivity contribution < 1.29 is 14.3 Å². The van der Waals surface area contributed by atoms with Gasteiger partial charge in [0.25, 0.3) is 5.91 Å². The van der Waals surface area contributed by atoms with Crippen molar-refractivity contribution in [2.45, 2.75) is 6.92 Å². The molecule has 7 heteroatoms. The molecule has 0 aliphatic carbocycles. The van der Waals surface area contributed by atoms with Crippen LogP contribution in [0, 0.1) is 0 Å². The number of anilines is 1. The average molecular weight is 412 g/mol. The van der Waals surface area contributed by atoms with E-state index in [0.717, 1.165) is 15.8 Å². The Labute approximate surface area is 157 Å². The molecule has 1 amide bonds. The predicted octanol–water partition coefficient (Wildman–Crippen LogP) is 3.77. The lowest BCUT2D eigenvalue weighted by atomic mass is 10.0. The Kier molecular flexibility index (Phi) is 4.08. The molecular formula is C19H14BrN3O3. The van der Waals surface area contributed by atoms with Crippen LogP contribution in [0.3, 0.4) is 0 Å². The van der Waals surface area contributed by atoms with Crippen LogP contribution in [-0.2, 0) is 9.53 Å². The zero-order valence-corrected chi connectivity index (χ0v) is 15.4. The van der Waals surface area contributed by atoms with Crippen LogP contribution >= 0.6 is 15.9 Å². The molecule has 1 aliphatic heterocycles. The van der Waals surface area contributed by atoms with Crippen LogP contribution in [0.1, 0.15) is 28.5 Å². The number of carbonyl (C=O) groups is 2. The number of carbonyl (C=O) groups excluding carboxylic acids is 2. The van der Waals surface area contributed by atoms with Crippen LogP contribution in [0.4, 0.5) is 5.69 Å². The van der Waals surface area contributed by atoms with Crippen molar-refractivity contribution in [3.8, 4) is 0 Å². The smallest absolute Gasteiger partial charge is 0.338 e. The van der Waals surface area contributed by atoms with Crippen LogP contribution in [0.15, 0.2) is 47.2 Å². The van der Waals surface area contributed by atoms with Crippen LogP contribution in [0.25, 0.3) is 17.3 Å². The van der Waals surface area contributed by atoms with Gasteiger partial charge in [-0.25, -0.2) is 9.78 Å². The highest BCUT2D eigenvalue weighted by atomic mass is 79.9. The molecule has 0 bridgehead atoms. The summed E-state index contributed by atoms with van der Waals surface area (Å²) < 4.78 is 7.84. The van der Waals surface area contributed by atoms with Gasteiger partial charge >= 0.3 is 5.97 Å². The molecule has 1 N–H and O–H groups in total. The molecule has 130 valence electrons. The number of nitrogens with one attached hydrogen (secondary N) is 1. The minimum Gasteiger partial charge on any atom is -0.462 e. The molecule has 0 atom stereocenters. The van der Waals surface area contributed by atoms with Crippen LogP contribution in [0.5, 0.6) is 0 Å². The van der Waals surface area contributed by atoms with E-state index in [-0.39, 0.29) is 5.91 Å². The Balaban J connectivity index is 1.81. The Hall–Kier alpha value is -2.93. The number of benzene rings is 1. The van der Waals surface area contributed by atoms with E-state index in [9.17, 15) is 9.59 Å². The number of ether oxygens (including phenoxy) is 1.